The van der Waals surface area contributed by atoms with Crippen LogP contribution >= 0.6 is 0 Å². The fourth-order valence-corrected chi connectivity index (χ4v) is 2.53. The van der Waals surface area contributed by atoms with Gasteiger partial charge in [0.1, 0.15) is 5.75 Å². The number of aromatic nitrogens is 1. The number of rotatable bonds is 9. The number of fused-ring (bicyclic) bond motifs is 1. The lowest BCUT2D eigenvalue weighted by Gasteiger charge is -2.11. The molecule has 5 heteroatoms. The molecule has 0 aliphatic heterocycles. The van der Waals surface area contributed by atoms with E-state index in [2.05, 4.69) is 6.58 Å². The summed E-state index contributed by atoms with van der Waals surface area (Å²) < 4.78 is 12.5. The Bertz CT molecular complexity index is 807. The first-order chi connectivity index (χ1) is 12.0. The molecule has 0 aliphatic rings. The Kier molecular flexibility index (Phi) is 6.81. The van der Waals surface area contributed by atoms with Crippen LogP contribution in [0.25, 0.3) is 10.9 Å². The van der Waals surface area contributed by atoms with Gasteiger partial charge in [-0.25, -0.2) is 4.79 Å². The second-order valence-electron chi connectivity index (χ2n) is 6.10. The minimum Gasteiger partial charge on any atom is -0.493 e. The minimum absolute atomic E-state index is 0.0759. The molecule has 0 atom stereocenters. The van der Waals surface area contributed by atoms with Crippen LogP contribution in [-0.4, -0.2) is 23.8 Å². The number of carbonyl (C=O) groups is 1. The summed E-state index contributed by atoms with van der Waals surface area (Å²) in [5, 5.41) is 0.941. The number of hydrogen-bond donors (Lipinski definition) is 0. The fraction of sp³-hybridized carbons (Fsp3) is 0.400. The van der Waals surface area contributed by atoms with Crippen LogP contribution in [-0.2, 0) is 16.6 Å². The molecule has 5 nitrogen and oxygen atoms in total. The molecule has 1 heterocycles. The molecular weight excluding hydrogens is 318 g/mol. The van der Waals surface area contributed by atoms with Gasteiger partial charge in [0.2, 0.25) is 0 Å². The highest BCUT2D eigenvalue weighted by atomic mass is 16.5. The predicted molar refractivity (Wildman–Crippen MR) is 98.9 cm³/mol. The van der Waals surface area contributed by atoms with Crippen LogP contribution < -0.4 is 10.3 Å². The highest BCUT2D eigenvalue weighted by Gasteiger charge is 2.07. The third kappa shape index (κ3) is 5.21. The molecule has 0 radical (unpaired) electrons. The largest absolute Gasteiger partial charge is 0.493 e. The Morgan fingerprint density at radius 3 is 2.52 bits per heavy atom. The molecule has 0 saturated heterocycles. The van der Waals surface area contributed by atoms with E-state index in [1.807, 2.05) is 24.3 Å². The number of aryl methyl sites for hydroxylation is 1. The van der Waals surface area contributed by atoms with Gasteiger partial charge in [-0.3, -0.25) is 4.79 Å². The Morgan fingerprint density at radius 1 is 1.12 bits per heavy atom. The number of ether oxygens (including phenoxy) is 2. The first-order valence-electron chi connectivity index (χ1n) is 8.55. The van der Waals surface area contributed by atoms with Crippen LogP contribution in [0.4, 0.5) is 0 Å². The highest BCUT2D eigenvalue weighted by Crippen LogP contribution is 2.23. The van der Waals surface area contributed by atoms with Gasteiger partial charge in [0.05, 0.1) is 18.7 Å². The Labute approximate surface area is 147 Å². The van der Waals surface area contributed by atoms with E-state index in [4.69, 9.17) is 9.47 Å². The van der Waals surface area contributed by atoms with Gasteiger partial charge in [-0.1, -0.05) is 18.7 Å². The van der Waals surface area contributed by atoms with E-state index in [1.54, 1.807) is 24.6 Å². The molecule has 1 aromatic carbocycles. The number of pyridine rings is 1. The van der Waals surface area contributed by atoms with E-state index < -0.39 is 0 Å². The van der Waals surface area contributed by atoms with Crippen LogP contribution in [0.2, 0.25) is 0 Å². The van der Waals surface area contributed by atoms with Gasteiger partial charge >= 0.3 is 5.97 Å². The molecule has 0 fully saturated rings. The third-order valence-corrected chi connectivity index (χ3v) is 3.99. The fourth-order valence-electron chi connectivity index (χ4n) is 2.53. The third-order valence-electron chi connectivity index (χ3n) is 3.99. The van der Waals surface area contributed by atoms with Gasteiger partial charge in [-0.15, -0.1) is 0 Å². The molecule has 0 N–H and O–H groups in total. The lowest BCUT2D eigenvalue weighted by molar-refractivity contribution is -0.139. The lowest BCUT2D eigenvalue weighted by atomic mass is 10.2. The summed E-state index contributed by atoms with van der Waals surface area (Å²) >= 11 is 0. The van der Waals surface area contributed by atoms with Crippen LogP contribution in [0.5, 0.6) is 5.75 Å². The summed E-state index contributed by atoms with van der Waals surface area (Å²) in [7, 11) is 1.76. The number of para-hydroxylation sites is 1. The van der Waals surface area contributed by atoms with Crippen molar-refractivity contribution in [3.05, 3.63) is 52.8 Å². The monoisotopic (exact) mass is 343 g/mol. The molecule has 0 aliphatic carbocycles. The molecule has 0 spiro atoms. The minimum atomic E-state index is -0.333. The van der Waals surface area contributed by atoms with Crippen molar-refractivity contribution in [2.75, 3.05) is 13.2 Å². The molecule has 0 unspecified atom stereocenters. The van der Waals surface area contributed by atoms with Crippen molar-refractivity contribution < 1.29 is 14.3 Å². The number of hydrogen-bond acceptors (Lipinski definition) is 4. The number of carbonyl (C=O) groups excluding carboxylic acids is 1. The van der Waals surface area contributed by atoms with Crippen LogP contribution in [0.15, 0.2) is 47.3 Å². The summed E-state index contributed by atoms with van der Waals surface area (Å²) in [5.74, 6) is 0.301. The van der Waals surface area contributed by atoms with Gasteiger partial charge < -0.3 is 14.0 Å². The Balaban J connectivity index is 1.75. The van der Waals surface area contributed by atoms with Gasteiger partial charge in [0.25, 0.3) is 5.56 Å². The van der Waals surface area contributed by atoms with Crippen molar-refractivity contribution in [1.82, 2.24) is 4.57 Å². The average molecular weight is 343 g/mol. The van der Waals surface area contributed by atoms with Crippen LogP contribution in [0.3, 0.4) is 0 Å². The van der Waals surface area contributed by atoms with E-state index in [1.165, 1.54) is 0 Å². The summed E-state index contributed by atoms with van der Waals surface area (Å²) in [6.45, 7) is 6.16. The first kappa shape index (κ1) is 18.8. The maximum Gasteiger partial charge on any atom is 0.333 e. The summed E-state index contributed by atoms with van der Waals surface area (Å²) in [6, 6.07) is 9.26. The second kappa shape index (κ2) is 9.06. The maximum absolute atomic E-state index is 12.0. The van der Waals surface area contributed by atoms with Crippen molar-refractivity contribution in [2.24, 2.45) is 7.05 Å². The van der Waals surface area contributed by atoms with E-state index in [-0.39, 0.29) is 11.5 Å². The lowest BCUT2D eigenvalue weighted by Crippen LogP contribution is -2.16. The molecule has 2 aromatic rings. The van der Waals surface area contributed by atoms with Crippen molar-refractivity contribution in [1.29, 1.82) is 0 Å². The number of unbranched alkanes of at least 4 members (excludes halogenated alkanes) is 3. The van der Waals surface area contributed by atoms with Crippen molar-refractivity contribution in [2.45, 2.75) is 32.6 Å². The average Bonchev–Trinajstić information content (AvgIpc) is 2.61. The molecule has 134 valence electrons. The molecule has 2 rings (SSSR count). The highest BCUT2D eigenvalue weighted by molar-refractivity contribution is 5.87. The molecule has 0 bridgehead atoms. The van der Waals surface area contributed by atoms with E-state index in [0.29, 0.717) is 24.5 Å². The zero-order valence-corrected chi connectivity index (χ0v) is 14.9. The maximum atomic E-state index is 12.0. The SMILES string of the molecule is C=C(C)C(=O)OCCCCCCOc1cc(=O)n(C)c2ccccc12. The van der Waals surface area contributed by atoms with Crippen molar-refractivity contribution in [3.8, 4) is 5.75 Å². The Hall–Kier alpha value is -2.56. The van der Waals surface area contributed by atoms with Gasteiger partial charge in [0, 0.05) is 24.1 Å². The normalized spacial score (nSPS) is 10.6. The second-order valence-corrected chi connectivity index (χ2v) is 6.10. The van der Waals surface area contributed by atoms with Crippen LogP contribution in [0.1, 0.15) is 32.6 Å². The topological polar surface area (TPSA) is 57.5 Å². The Morgan fingerprint density at radius 2 is 1.80 bits per heavy atom. The smallest absolute Gasteiger partial charge is 0.333 e. The molecule has 25 heavy (non-hydrogen) atoms. The number of benzene rings is 1. The van der Waals surface area contributed by atoms with Crippen LogP contribution in [0, 0.1) is 0 Å². The zero-order chi connectivity index (χ0) is 18.2. The first-order valence-corrected chi connectivity index (χ1v) is 8.55. The zero-order valence-electron chi connectivity index (χ0n) is 14.9. The van der Waals surface area contributed by atoms with E-state index in [0.717, 1.165) is 36.6 Å². The molecule has 0 saturated carbocycles. The summed E-state index contributed by atoms with van der Waals surface area (Å²) in [5.41, 5.74) is 1.21. The van der Waals surface area contributed by atoms with E-state index in [9.17, 15) is 9.59 Å². The number of esters is 1. The molecular formula is C20H25NO4. The van der Waals surface area contributed by atoms with Gasteiger partial charge in [0.15, 0.2) is 0 Å². The molecule has 0 amide bonds. The van der Waals surface area contributed by atoms with Crippen molar-refractivity contribution >= 4 is 16.9 Å². The quantitative estimate of drug-likeness (QED) is 0.397. The summed E-state index contributed by atoms with van der Waals surface area (Å²) in [4.78, 5) is 23.2. The van der Waals surface area contributed by atoms with E-state index >= 15 is 0 Å². The summed E-state index contributed by atoms with van der Waals surface area (Å²) in [6.07, 6.45) is 3.66. The standard InChI is InChI=1S/C20H25NO4/c1-15(2)20(23)25-13-9-5-4-8-12-24-18-14-19(22)21(3)17-11-7-6-10-16(17)18/h6-7,10-11,14H,1,4-5,8-9,12-13H2,2-3H3. The predicted octanol–water partition coefficient (Wildman–Crippen LogP) is 3.60. The van der Waals surface area contributed by atoms with Gasteiger partial charge in [-0.2, -0.15) is 0 Å². The number of nitrogens with zero attached hydrogens (tertiary/aromatic N) is 1. The molecule has 1 aromatic heterocycles. The van der Waals surface area contributed by atoms with Gasteiger partial charge in [-0.05, 0) is 44.7 Å². The van der Waals surface area contributed by atoms with Crippen molar-refractivity contribution in [3.63, 3.8) is 0 Å².